The third-order valence-corrected chi connectivity index (χ3v) is 9.93. The Morgan fingerprint density at radius 1 is 0.857 bits per heavy atom. The van der Waals surface area contributed by atoms with Crippen molar-refractivity contribution in [3.8, 4) is 16.9 Å². The molecule has 0 N–H and O–H groups in total. The molecule has 0 unspecified atom stereocenters. The molecule has 4 aromatic carbocycles. The number of halogens is 3. The molecule has 1 aromatic heterocycles. The molecule has 248 valence electrons. The first kappa shape index (κ1) is 32.3. The van der Waals surface area contributed by atoms with Crippen molar-refractivity contribution in [2.24, 2.45) is 4.99 Å². The van der Waals surface area contributed by atoms with Gasteiger partial charge in [-0.1, -0.05) is 60.7 Å². The van der Waals surface area contributed by atoms with Gasteiger partial charge in [0.1, 0.15) is 17.3 Å². The summed E-state index contributed by atoms with van der Waals surface area (Å²) in [4.78, 5) is 40.8. The van der Waals surface area contributed by atoms with Crippen LogP contribution in [0.5, 0.6) is 5.75 Å². The van der Waals surface area contributed by atoms with Gasteiger partial charge in [-0.3, -0.25) is 14.5 Å². The van der Waals surface area contributed by atoms with Gasteiger partial charge in [0.2, 0.25) is 0 Å². The van der Waals surface area contributed by atoms with Crippen molar-refractivity contribution in [1.29, 1.82) is 0 Å². The highest BCUT2D eigenvalue weighted by Gasteiger charge is 2.33. The van der Waals surface area contributed by atoms with Gasteiger partial charge >= 0.3 is 6.18 Å². The topological polar surface area (TPSA) is 75.1 Å². The zero-order chi connectivity index (χ0) is 34.1. The monoisotopic (exact) mass is 680 g/mol. The second-order valence-corrected chi connectivity index (χ2v) is 12.8. The highest BCUT2D eigenvalue weighted by molar-refractivity contribution is 7.09. The molecule has 0 radical (unpaired) electrons. The number of fused-ring (bicyclic) bond motifs is 1. The fraction of sp³-hybridized carbons (Fsp3) is 0.211. The Labute approximate surface area is 285 Å². The highest BCUT2D eigenvalue weighted by atomic mass is 32.1. The van der Waals surface area contributed by atoms with Crippen molar-refractivity contribution >= 4 is 34.7 Å². The summed E-state index contributed by atoms with van der Waals surface area (Å²) < 4.78 is 44.7. The van der Waals surface area contributed by atoms with Gasteiger partial charge < -0.3 is 9.64 Å². The summed E-state index contributed by atoms with van der Waals surface area (Å²) >= 11 is 1.44. The van der Waals surface area contributed by atoms with Crippen molar-refractivity contribution in [3.05, 3.63) is 135 Å². The summed E-state index contributed by atoms with van der Waals surface area (Å²) in [5.41, 5.74) is 3.67. The Morgan fingerprint density at radius 2 is 1.57 bits per heavy atom. The van der Waals surface area contributed by atoms with Gasteiger partial charge in [0.15, 0.2) is 0 Å². The Bertz CT molecular complexity index is 2040. The van der Waals surface area contributed by atoms with E-state index in [0.717, 1.165) is 34.0 Å². The van der Waals surface area contributed by atoms with Crippen LogP contribution in [0.25, 0.3) is 11.1 Å². The molecule has 3 heterocycles. The molecule has 2 amide bonds. The molecule has 7 rings (SSSR count). The molecule has 2 aliphatic heterocycles. The molecule has 49 heavy (non-hydrogen) atoms. The number of amides is 2. The molecular formula is C38H31F3N4O3S. The largest absolute Gasteiger partial charge is 0.497 e. The van der Waals surface area contributed by atoms with Gasteiger partial charge in [0, 0.05) is 41.1 Å². The average Bonchev–Trinajstić information content (AvgIpc) is 3.64. The van der Waals surface area contributed by atoms with Crippen molar-refractivity contribution in [2.45, 2.75) is 31.5 Å². The van der Waals surface area contributed by atoms with Crippen LogP contribution in [0.1, 0.15) is 61.3 Å². The van der Waals surface area contributed by atoms with Crippen LogP contribution in [0.2, 0.25) is 0 Å². The lowest BCUT2D eigenvalue weighted by Crippen LogP contribution is -2.39. The van der Waals surface area contributed by atoms with Crippen molar-refractivity contribution < 1.29 is 27.5 Å². The number of methoxy groups -OCH3 is 1. The van der Waals surface area contributed by atoms with E-state index in [1.54, 1.807) is 46.6 Å². The predicted octanol–water partition coefficient (Wildman–Crippen LogP) is 8.59. The minimum absolute atomic E-state index is 0.0781. The number of amidine groups is 1. The van der Waals surface area contributed by atoms with Crippen LogP contribution in [0.15, 0.2) is 107 Å². The number of benzene rings is 4. The van der Waals surface area contributed by atoms with Crippen molar-refractivity contribution in [1.82, 2.24) is 14.8 Å². The van der Waals surface area contributed by atoms with Crippen LogP contribution in [0, 0.1) is 0 Å². The first-order valence-electron chi connectivity index (χ1n) is 15.8. The van der Waals surface area contributed by atoms with Crippen LogP contribution in [0.3, 0.4) is 0 Å². The molecule has 7 nitrogen and oxygen atoms in total. The fourth-order valence-corrected chi connectivity index (χ4v) is 7.26. The van der Waals surface area contributed by atoms with Gasteiger partial charge in [-0.05, 0) is 60.4 Å². The number of hydrogen-bond donors (Lipinski definition) is 0. The maximum absolute atomic E-state index is 14.0. The van der Waals surface area contributed by atoms with Crippen LogP contribution in [-0.2, 0) is 12.7 Å². The number of aromatic nitrogens is 1. The minimum Gasteiger partial charge on any atom is -0.497 e. The number of alkyl halides is 3. The summed E-state index contributed by atoms with van der Waals surface area (Å²) in [6.07, 6.45) is -3.09. The van der Waals surface area contributed by atoms with E-state index in [0.29, 0.717) is 66.4 Å². The van der Waals surface area contributed by atoms with Crippen molar-refractivity contribution in [3.63, 3.8) is 0 Å². The number of likely N-dealkylation sites (tertiary alicyclic amines) is 1. The van der Waals surface area contributed by atoms with Gasteiger partial charge in [-0.15, -0.1) is 11.3 Å². The Hall–Kier alpha value is -5.29. The Balaban J connectivity index is 1.05. The molecule has 11 heteroatoms. The number of aliphatic imine (C=N–C) groups is 1. The summed E-state index contributed by atoms with van der Waals surface area (Å²) in [5, 5.41) is 2.64. The van der Waals surface area contributed by atoms with Crippen LogP contribution in [-0.4, -0.2) is 52.6 Å². The zero-order valence-corrected chi connectivity index (χ0v) is 27.3. The fourth-order valence-electron chi connectivity index (χ4n) is 6.29. The van der Waals surface area contributed by atoms with E-state index >= 15 is 0 Å². The molecule has 5 aromatic rings. The third-order valence-electron chi connectivity index (χ3n) is 8.93. The maximum Gasteiger partial charge on any atom is 0.416 e. The first-order valence-corrected chi connectivity index (χ1v) is 16.7. The van der Waals surface area contributed by atoms with E-state index in [9.17, 15) is 22.8 Å². The van der Waals surface area contributed by atoms with E-state index in [4.69, 9.17) is 14.7 Å². The predicted molar refractivity (Wildman–Crippen MR) is 182 cm³/mol. The number of carbonyl (C=O) groups is 2. The van der Waals surface area contributed by atoms with Crippen LogP contribution < -0.4 is 4.74 Å². The number of nitrogens with zero attached hydrogens (tertiary/aromatic N) is 4. The molecule has 1 fully saturated rings. The summed E-state index contributed by atoms with van der Waals surface area (Å²) in [7, 11) is 1.60. The van der Waals surface area contributed by atoms with E-state index < -0.39 is 11.7 Å². The lowest BCUT2D eigenvalue weighted by molar-refractivity contribution is -0.137. The number of piperidine rings is 1. The average molecular weight is 681 g/mol. The molecule has 1 saturated heterocycles. The summed E-state index contributed by atoms with van der Waals surface area (Å²) in [6, 6.07) is 27.1. The normalized spacial score (nSPS) is 15.1. The zero-order valence-electron chi connectivity index (χ0n) is 26.5. The maximum atomic E-state index is 14.0. The SMILES string of the molecule is COc1ccc2c(c1)CN(C(=O)c1csc(C3CCN(C(=O)c4ccccc4-c4ccc(C(F)(F)F)cc4)CC3)n1)C(c1ccccc1)=N2. The van der Waals surface area contributed by atoms with E-state index in [1.807, 2.05) is 48.5 Å². The smallest absolute Gasteiger partial charge is 0.416 e. The summed E-state index contributed by atoms with van der Waals surface area (Å²) in [5.74, 6) is 0.911. The van der Waals surface area contributed by atoms with E-state index in [2.05, 4.69) is 0 Å². The number of ether oxygens (including phenoxy) is 1. The Kier molecular flexibility index (Phi) is 8.77. The van der Waals surface area contributed by atoms with E-state index in [-0.39, 0.29) is 17.7 Å². The molecular weight excluding hydrogens is 650 g/mol. The lowest BCUT2D eigenvalue weighted by atomic mass is 9.94. The quantitative estimate of drug-likeness (QED) is 0.180. The van der Waals surface area contributed by atoms with Gasteiger partial charge in [-0.25, -0.2) is 9.98 Å². The van der Waals surface area contributed by atoms with Crippen LogP contribution >= 0.6 is 11.3 Å². The minimum atomic E-state index is -4.43. The molecule has 0 saturated carbocycles. The molecule has 0 aliphatic carbocycles. The Morgan fingerprint density at radius 3 is 2.29 bits per heavy atom. The van der Waals surface area contributed by atoms with Crippen molar-refractivity contribution in [2.75, 3.05) is 20.2 Å². The number of hydrogen-bond acceptors (Lipinski definition) is 6. The second kappa shape index (κ2) is 13.3. The second-order valence-electron chi connectivity index (χ2n) is 11.9. The number of rotatable bonds is 6. The molecule has 0 spiro atoms. The first-order chi connectivity index (χ1) is 23.7. The molecule has 2 aliphatic rings. The lowest BCUT2D eigenvalue weighted by Gasteiger charge is -2.31. The highest BCUT2D eigenvalue weighted by Crippen LogP contribution is 2.36. The number of thiazole rings is 1. The molecule has 0 bridgehead atoms. The van der Waals surface area contributed by atoms with E-state index in [1.165, 1.54) is 23.5 Å². The van der Waals surface area contributed by atoms with Gasteiger partial charge in [0.05, 0.1) is 29.9 Å². The standard InChI is InChI=1S/C38H31F3N4O3S/c1-48-29-15-16-32-27(21-29)22-45(34(42-32)25-7-3-2-4-8-25)37(47)33-23-49-35(43-33)26-17-19-44(20-18-26)36(46)31-10-6-5-9-30(31)24-11-13-28(14-12-24)38(39,40)41/h2-16,21,23,26H,17-20,22H2,1H3. The van der Waals surface area contributed by atoms with Gasteiger partial charge in [-0.2, -0.15) is 13.2 Å². The third kappa shape index (κ3) is 6.58. The molecule has 0 atom stereocenters. The van der Waals surface area contributed by atoms with Crippen LogP contribution in [0.4, 0.5) is 18.9 Å². The summed E-state index contributed by atoms with van der Waals surface area (Å²) in [6.45, 7) is 1.30. The number of carbonyl (C=O) groups excluding carboxylic acids is 2. The van der Waals surface area contributed by atoms with Gasteiger partial charge in [0.25, 0.3) is 11.8 Å².